The molecule has 1 atom stereocenters. The Morgan fingerprint density at radius 2 is 1.61 bits per heavy atom. The van der Waals surface area contributed by atoms with Gasteiger partial charge in [-0.3, -0.25) is 10.1 Å². The van der Waals surface area contributed by atoms with Gasteiger partial charge in [0.15, 0.2) is 9.84 Å². The van der Waals surface area contributed by atoms with Crippen molar-refractivity contribution < 1.29 is 49.8 Å². The predicted octanol–water partition coefficient (Wildman–Crippen LogP) is 3.08. The highest BCUT2D eigenvalue weighted by atomic mass is 32.2. The monoisotopic (exact) mass is 538 g/mol. The lowest BCUT2D eigenvalue weighted by Crippen LogP contribution is -2.53. The van der Waals surface area contributed by atoms with Gasteiger partial charge >= 0.3 is 12.4 Å². The Morgan fingerprint density at radius 1 is 1.03 bits per heavy atom. The normalized spacial score (nSPS) is 19.6. The molecule has 1 fully saturated rings. The van der Waals surface area contributed by atoms with Crippen molar-refractivity contribution in [3.8, 4) is 0 Å². The van der Waals surface area contributed by atoms with Crippen LogP contribution in [0.5, 0.6) is 0 Å². The van der Waals surface area contributed by atoms with E-state index in [9.17, 15) is 49.8 Å². The molecule has 1 aliphatic heterocycles. The second kappa shape index (κ2) is 8.43. The summed E-state index contributed by atoms with van der Waals surface area (Å²) in [5, 5.41) is 24.6. The molecule has 196 valence electrons. The molecule has 36 heavy (non-hydrogen) atoms. The third kappa shape index (κ3) is 4.69. The number of sulfone groups is 1. The van der Waals surface area contributed by atoms with Gasteiger partial charge < -0.3 is 15.5 Å². The van der Waals surface area contributed by atoms with Crippen molar-refractivity contribution in [1.29, 1.82) is 0 Å². The first-order valence-corrected chi connectivity index (χ1v) is 12.2. The molecule has 2 aromatic rings. The predicted molar refractivity (Wildman–Crippen MR) is 113 cm³/mol. The first-order valence-electron chi connectivity index (χ1n) is 10.6. The number of rotatable bonds is 6. The molecular formula is C22H20F6N2O5S. The van der Waals surface area contributed by atoms with E-state index in [1.165, 1.54) is 18.2 Å². The van der Waals surface area contributed by atoms with Crippen LogP contribution >= 0.6 is 0 Å². The van der Waals surface area contributed by atoms with Gasteiger partial charge in [0.05, 0.1) is 16.2 Å². The first kappa shape index (κ1) is 26.4. The van der Waals surface area contributed by atoms with E-state index in [-0.39, 0.29) is 17.1 Å². The second-order valence-corrected chi connectivity index (χ2v) is 10.9. The highest BCUT2D eigenvalue weighted by Crippen LogP contribution is 2.50. The Kier molecular flexibility index (Phi) is 6.18. The molecule has 1 amide bonds. The van der Waals surface area contributed by atoms with E-state index >= 15 is 0 Å². The molecule has 1 saturated carbocycles. The minimum atomic E-state index is -6.03. The van der Waals surface area contributed by atoms with E-state index in [1.54, 1.807) is 0 Å². The van der Waals surface area contributed by atoms with Crippen LogP contribution in [-0.4, -0.2) is 48.2 Å². The number of alkyl halides is 6. The number of aliphatic hydroxyl groups is 2. The third-order valence-corrected chi connectivity index (χ3v) is 8.11. The summed E-state index contributed by atoms with van der Waals surface area (Å²) >= 11 is 0. The fourth-order valence-corrected chi connectivity index (χ4v) is 5.75. The number of hydrogen-bond acceptors (Lipinski definition) is 6. The van der Waals surface area contributed by atoms with E-state index in [2.05, 4.69) is 10.6 Å². The Labute approximate surface area is 201 Å². The van der Waals surface area contributed by atoms with E-state index in [0.29, 0.717) is 36.1 Å². The molecule has 0 spiro atoms. The summed E-state index contributed by atoms with van der Waals surface area (Å²) < 4.78 is 103. The lowest BCUT2D eigenvalue weighted by Gasteiger charge is -2.32. The van der Waals surface area contributed by atoms with Gasteiger partial charge in [0.2, 0.25) is 5.91 Å². The molecule has 7 nitrogen and oxygen atoms in total. The van der Waals surface area contributed by atoms with Crippen molar-refractivity contribution in [2.45, 2.75) is 53.9 Å². The van der Waals surface area contributed by atoms with Crippen LogP contribution in [0.3, 0.4) is 0 Å². The zero-order valence-electron chi connectivity index (χ0n) is 18.2. The number of fused-ring (bicyclic) bond motifs is 1. The Morgan fingerprint density at radius 3 is 2.14 bits per heavy atom. The Hall–Kier alpha value is -2.68. The summed E-state index contributed by atoms with van der Waals surface area (Å²) in [6.07, 6.45) is -11.3. The van der Waals surface area contributed by atoms with Gasteiger partial charge in [-0.25, -0.2) is 8.42 Å². The minimum absolute atomic E-state index is 0.0122. The summed E-state index contributed by atoms with van der Waals surface area (Å²) in [5.41, 5.74) is -6.94. The molecule has 1 aliphatic carbocycles. The SMILES string of the molecule is O=C(Nc1ccc(C(O)(C(F)(F)F)C(F)(F)F)cc1)C1NCc2cc(S(=O)(=O)CC3(O)CC3)ccc21. The van der Waals surface area contributed by atoms with Crippen LogP contribution in [0.15, 0.2) is 47.4 Å². The number of benzene rings is 2. The fourth-order valence-electron chi connectivity index (χ4n) is 3.99. The number of carbonyl (C=O) groups excluding carboxylic acids is 1. The lowest BCUT2D eigenvalue weighted by molar-refractivity contribution is -0.376. The summed E-state index contributed by atoms with van der Waals surface area (Å²) in [6, 6.07) is 5.58. The molecule has 0 radical (unpaired) electrons. The van der Waals surface area contributed by atoms with Crippen molar-refractivity contribution >= 4 is 21.4 Å². The smallest absolute Gasteiger partial charge is 0.389 e. The van der Waals surface area contributed by atoms with Gasteiger partial charge in [-0.2, -0.15) is 26.3 Å². The van der Waals surface area contributed by atoms with Crippen molar-refractivity contribution in [3.63, 3.8) is 0 Å². The molecule has 1 heterocycles. The minimum Gasteiger partial charge on any atom is -0.389 e. The van der Waals surface area contributed by atoms with Gasteiger partial charge in [-0.15, -0.1) is 0 Å². The average molecular weight is 538 g/mol. The zero-order chi connectivity index (χ0) is 26.7. The number of nitrogens with one attached hydrogen (secondary N) is 2. The van der Waals surface area contributed by atoms with Gasteiger partial charge in [-0.05, 0) is 48.2 Å². The molecule has 0 saturated heterocycles. The Bertz CT molecular complexity index is 1270. The summed E-state index contributed by atoms with van der Waals surface area (Å²) in [4.78, 5) is 12.7. The largest absolute Gasteiger partial charge is 0.430 e. The summed E-state index contributed by atoms with van der Waals surface area (Å²) in [5.74, 6) is -1.10. The lowest BCUT2D eigenvalue weighted by atomic mass is 9.92. The maximum Gasteiger partial charge on any atom is 0.430 e. The Balaban J connectivity index is 1.50. The molecule has 14 heteroatoms. The average Bonchev–Trinajstić information content (AvgIpc) is 3.31. The van der Waals surface area contributed by atoms with Crippen molar-refractivity contribution in [2.24, 2.45) is 0 Å². The number of halogens is 6. The van der Waals surface area contributed by atoms with Crippen LogP contribution in [0.4, 0.5) is 32.0 Å². The molecule has 4 N–H and O–H groups in total. The van der Waals surface area contributed by atoms with Crippen LogP contribution in [0.2, 0.25) is 0 Å². The maximum absolute atomic E-state index is 13.0. The molecule has 2 aliphatic rings. The number of carbonyl (C=O) groups is 1. The van der Waals surface area contributed by atoms with Crippen molar-refractivity contribution in [3.05, 3.63) is 59.2 Å². The van der Waals surface area contributed by atoms with Crippen LogP contribution in [0.25, 0.3) is 0 Å². The third-order valence-electron chi connectivity index (χ3n) is 6.22. The first-order chi connectivity index (χ1) is 16.5. The standard InChI is InChI=1S/C22H20F6N2O5S/c23-21(24,25)20(33,22(26,27)28)13-1-3-14(4-2-13)30-18(31)17-16-6-5-15(9-12(16)10-29-17)36(34,35)11-19(32)7-8-19/h1-6,9,17,29,32-33H,7-8,10-11H2,(H,30,31). The molecule has 1 unspecified atom stereocenters. The van der Waals surface area contributed by atoms with E-state index in [0.717, 1.165) is 12.1 Å². The number of anilines is 1. The van der Waals surface area contributed by atoms with Gasteiger partial charge in [0.25, 0.3) is 5.60 Å². The topological polar surface area (TPSA) is 116 Å². The molecular weight excluding hydrogens is 518 g/mol. The highest BCUT2D eigenvalue weighted by Gasteiger charge is 2.71. The molecule has 2 aromatic carbocycles. The zero-order valence-corrected chi connectivity index (χ0v) is 19.1. The summed E-state index contributed by atoms with van der Waals surface area (Å²) in [7, 11) is -3.76. The quantitative estimate of drug-likeness (QED) is 0.421. The molecule has 0 bridgehead atoms. The molecule has 4 rings (SSSR count). The van der Waals surface area contributed by atoms with E-state index in [4.69, 9.17) is 0 Å². The molecule has 0 aromatic heterocycles. The van der Waals surface area contributed by atoms with Crippen LogP contribution < -0.4 is 10.6 Å². The van der Waals surface area contributed by atoms with Crippen molar-refractivity contribution in [2.75, 3.05) is 11.1 Å². The number of amides is 1. The van der Waals surface area contributed by atoms with Gasteiger partial charge in [0.1, 0.15) is 6.04 Å². The van der Waals surface area contributed by atoms with E-state index < -0.39 is 56.7 Å². The fraction of sp³-hybridized carbons (Fsp3) is 0.409. The highest BCUT2D eigenvalue weighted by molar-refractivity contribution is 7.91. The number of hydrogen-bond donors (Lipinski definition) is 4. The van der Waals surface area contributed by atoms with Crippen LogP contribution in [-0.2, 0) is 26.8 Å². The van der Waals surface area contributed by atoms with Crippen LogP contribution in [0, 0.1) is 0 Å². The van der Waals surface area contributed by atoms with Crippen molar-refractivity contribution in [1.82, 2.24) is 5.32 Å². The second-order valence-electron chi connectivity index (χ2n) is 8.93. The maximum atomic E-state index is 13.0. The van der Waals surface area contributed by atoms with E-state index in [1.807, 2.05) is 0 Å². The summed E-state index contributed by atoms with van der Waals surface area (Å²) in [6.45, 7) is 0.129. The van der Waals surface area contributed by atoms with Crippen LogP contribution in [0.1, 0.15) is 35.6 Å². The van der Waals surface area contributed by atoms with Gasteiger partial charge in [0, 0.05) is 17.8 Å². The van der Waals surface area contributed by atoms with Gasteiger partial charge in [-0.1, -0.05) is 18.2 Å².